The number of para-hydroxylation sites is 9. The fourth-order valence-corrected chi connectivity index (χ4v) is 18.8. The minimum absolute atomic E-state index is 0.528. The second kappa shape index (κ2) is 25.5. The highest BCUT2D eigenvalue weighted by molar-refractivity contribution is 6.18. The number of hydrogen-bond acceptors (Lipinski definition) is 3. The largest absolute Gasteiger partial charge is 0.309 e. The summed E-state index contributed by atoms with van der Waals surface area (Å²) in [5, 5.41) is 13.9. The van der Waals surface area contributed by atoms with Gasteiger partial charge in [0, 0.05) is 110 Å². The third kappa shape index (κ3) is 9.79. The van der Waals surface area contributed by atoms with Gasteiger partial charge in [-0.25, -0.2) is 19.8 Å². The van der Waals surface area contributed by atoms with Gasteiger partial charge in [0.05, 0.1) is 84.1 Å². The van der Waals surface area contributed by atoms with E-state index in [9.17, 15) is 0 Å². The van der Waals surface area contributed by atoms with Crippen LogP contribution < -0.4 is 0 Å². The molecule has 0 atom stereocenters. The summed E-state index contributed by atoms with van der Waals surface area (Å²) >= 11 is 0. The fourth-order valence-electron chi connectivity index (χ4n) is 18.8. The molecule has 0 aliphatic heterocycles. The fraction of sp³-hybridized carbons (Fsp3) is 0. The van der Waals surface area contributed by atoms with Crippen LogP contribution in [0, 0.1) is 6.57 Å². The smallest absolute Gasteiger partial charge is 0.194 e. The van der Waals surface area contributed by atoms with Crippen molar-refractivity contribution in [2.45, 2.75) is 0 Å². The van der Waals surface area contributed by atoms with Crippen molar-refractivity contribution in [1.29, 1.82) is 0 Å². The molecular formula is C106H64N10. The van der Waals surface area contributed by atoms with Gasteiger partial charge >= 0.3 is 0 Å². The van der Waals surface area contributed by atoms with E-state index in [1.807, 2.05) is 48.5 Å². The minimum Gasteiger partial charge on any atom is -0.309 e. The Morgan fingerprint density at radius 3 is 0.767 bits per heavy atom. The van der Waals surface area contributed by atoms with Crippen molar-refractivity contribution < 1.29 is 0 Å². The Morgan fingerprint density at radius 1 is 0.181 bits per heavy atom. The molecule has 7 aromatic heterocycles. The van der Waals surface area contributed by atoms with Crippen LogP contribution in [0.5, 0.6) is 0 Å². The Kier molecular flexibility index (Phi) is 14.3. The predicted octanol–water partition coefficient (Wildman–Crippen LogP) is 27.3. The number of benzene rings is 17. The lowest BCUT2D eigenvalue weighted by molar-refractivity contribution is 1.07. The van der Waals surface area contributed by atoms with Crippen LogP contribution in [0.15, 0.2) is 388 Å². The van der Waals surface area contributed by atoms with E-state index in [1.54, 1.807) is 0 Å². The van der Waals surface area contributed by atoms with Gasteiger partial charge in [-0.15, -0.1) is 0 Å². The molecule has 0 radical (unpaired) electrons. The molecule has 0 unspecified atom stereocenters. The normalized spacial score (nSPS) is 12.0. The quantitative estimate of drug-likeness (QED) is 0.121. The Bertz CT molecular complexity index is 7690. The summed E-state index contributed by atoms with van der Waals surface area (Å²) in [4.78, 5) is 20.3. The molecule has 10 nitrogen and oxygen atoms in total. The van der Waals surface area contributed by atoms with E-state index in [2.05, 4.69) is 372 Å². The summed E-state index contributed by atoms with van der Waals surface area (Å²) in [6.07, 6.45) is 0. The zero-order valence-electron chi connectivity index (χ0n) is 62.4. The Balaban J connectivity index is 0.786. The first-order valence-corrected chi connectivity index (χ1v) is 39.3. The van der Waals surface area contributed by atoms with Gasteiger partial charge in [0.25, 0.3) is 0 Å². The molecule has 0 aliphatic carbocycles. The molecule has 0 saturated heterocycles. The summed E-state index contributed by atoms with van der Waals surface area (Å²) in [5.41, 5.74) is 25.9. The van der Waals surface area contributed by atoms with Crippen LogP contribution in [0.1, 0.15) is 0 Å². The molecule has 10 heteroatoms. The number of rotatable bonds is 11. The van der Waals surface area contributed by atoms with Crippen molar-refractivity contribution in [3.63, 3.8) is 0 Å². The van der Waals surface area contributed by atoms with Gasteiger partial charge in [-0.2, -0.15) is 0 Å². The van der Waals surface area contributed by atoms with Crippen LogP contribution >= 0.6 is 0 Å². The Labute approximate surface area is 664 Å². The van der Waals surface area contributed by atoms with E-state index >= 15 is 0 Å². The standard InChI is InChI=1S/C106H64N10/c1-107-89-39-17-8-30-74(89)84-60-68(48-54-99(84)116-102-58-52-72(113-94-44-22-13-35-79(94)80-36-14-23-45-95(80)113)64-87(102)88-65-73(53-59-103(88)116)114-96-46-24-15-37-81(96)82-38-16-25-47-97(82)114)83-61-69(106-109-104(66-26-4-2-5-27-66)108-105(110-106)67-28-6-3-7-29-67)49-55-98(83)115-100-56-50-70(111-90-40-18-9-31-75(90)76-32-10-19-41-91(76)111)62-85(100)86-63-71(51-57-101(86)115)112-92-42-20-11-33-77(92)78-34-12-21-43-93(78)112/h2-65H. The first-order valence-electron chi connectivity index (χ1n) is 39.3. The highest BCUT2D eigenvalue weighted by atomic mass is 15.1. The topological polar surface area (TPSA) is 72.6 Å². The van der Waals surface area contributed by atoms with Gasteiger partial charge in [-0.05, 0) is 168 Å². The van der Waals surface area contributed by atoms with Crippen LogP contribution in [-0.4, -0.2) is 42.4 Å². The highest BCUT2D eigenvalue weighted by Crippen LogP contribution is 2.48. The van der Waals surface area contributed by atoms with Crippen molar-refractivity contribution in [3.05, 3.63) is 400 Å². The summed E-state index contributed by atoms with van der Waals surface area (Å²) in [6, 6.07) is 140. The molecular weight excluding hydrogens is 1410 g/mol. The lowest BCUT2D eigenvalue weighted by Crippen LogP contribution is -2.03. The van der Waals surface area contributed by atoms with E-state index in [-0.39, 0.29) is 0 Å². The van der Waals surface area contributed by atoms with Gasteiger partial charge in [0.15, 0.2) is 23.2 Å². The summed E-state index contributed by atoms with van der Waals surface area (Å²) in [5.74, 6) is 1.66. The summed E-state index contributed by atoms with van der Waals surface area (Å²) < 4.78 is 14.6. The average molecular weight is 1480 g/mol. The Hall–Kier alpha value is -16.0. The second-order valence-electron chi connectivity index (χ2n) is 30.1. The van der Waals surface area contributed by atoms with Gasteiger partial charge in [-0.1, -0.05) is 237 Å². The van der Waals surface area contributed by atoms with Crippen molar-refractivity contribution in [2.75, 3.05) is 0 Å². The van der Waals surface area contributed by atoms with Gasteiger partial charge in [-0.3, -0.25) is 0 Å². The van der Waals surface area contributed by atoms with E-state index in [0.29, 0.717) is 23.2 Å². The molecule has 0 aliphatic rings. The molecule has 116 heavy (non-hydrogen) atoms. The number of fused-ring (bicyclic) bond motifs is 18. The van der Waals surface area contributed by atoms with Crippen molar-refractivity contribution in [3.8, 4) is 90.5 Å². The van der Waals surface area contributed by atoms with Gasteiger partial charge in [0.2, 0.25) is 0 Å². The van der Waals surface area contributed by atoms with Crippen molar-refractivity contribution >= 4 is 137 Å². The summed E-state index contributed by atoms with van der Waals surface area (Å²) in [6.45, 7) is 9.01. The molecule has 0 spiro atoms. The van der Waals surface area contributed by atoms with Crippen LogP contribution in [0.2, 0.25) is 0 Å². The first kappa shape index (κ1) is 64.8. The third-order valence-corrected chi connectivity index (χ3v) is 23.9. The molecule has 0 fully saturated rings. The summed E-state index contributed by atoms with van der Waals surface area (Å²) in [7, 11) is 0. The van der Waals surface area contributed by atoms with Crippen molar-refractivity contribution in [2.24, 2.45) is 0 Å². The number of hydrogen-bond donors (Lipinski definition) is 0. The molecule has 17 aromatic carbocycles. The van der Waals surface area contributed by atoms with Crippen LogP contribution in [0.4, 0.5) is 5.69 Å². The van der Waals surface area contributed by atoms with E-state index in [4.69, 9.17) is 21.5 Å². The second-order valence-corrected chi connectivity index (χ2v) is 30.1. The van der Waals surface area contributed by atoms with E-state index < -0.39 is 0 Å². The maximum absolute atomic E-state index is 9.01. The van der Waals surface area contributed by atoms with E-state index in [0.717, 1.165) is 161 Å². The SMILES string of the molecule is [C-]#[N+]c1ccccc1-c1cc(-c2cc(-c3nc(-c4ccccc4)nc(-c4ccccc4)n3)ccc2-n2c3ccc(-n4c5ccccc5c5ccccc54)cc3c3cc(-n4c5ccccc5c5ccccc54)ccc32)ccc1-n1c2ccc(-n3c4ccccc4c4ccccc43)cc2c2cc(-n3c4ccccc4c4ccccc43)ccc21. The molecule has 0 N–H and O–H groups in total. The molecule has 24 aromatic rings. The minimum atomic E-state index is 0.528. The average Bonchev–Trinajstić information content (AvgIpc) is 1.54. The molecule has 24 rings (SSSR count). The molecule has 0 saturated carbocycles. The zero-order chi connectivity index (χ0) is 76.2. The maximum atomic E-state index is 9.01. The first-order chi connectivity index (χ1) is 57.5. The number of aromatic nitrogens is 9. The lowest BCUT2D eigenvalue weighted by atomic mass is 9.94. The molecule has 538 valence electrons. The van der Waals surface area contributed by atoms with Crippen molar-refractivity contribution in [1.82, 2.24) is 42.4 Å². The Morgan fingerprint density at radius 2 is 0.440 bits per heavy atom. The molecule has 7 heterocycles. The van der Waals surface area contributed by atoms with Gasteiger partial charge in [0.1, 0.15) is 0 Å². The highest BCUT2D eigenvalue weighted by Gasteiger charge is 2.27. The van der Waals surface area contributed by atoms with E-state index in [1.165, 1.54) is 43.1 Å². The maximum Gasteiger partial charge on any atom is 0.194 e. The van der Waals surface area contributed by atoms with Crippen LogP contribution in [0.3, 0.4) is 0 Å². The zero-order valence-corrected chi connectivity index (χ0v) is 62.4. The molecule has 0 bridgehead atoms. The number of nitrogens with zero attached hydrogens (tertiary/aromatic N) is 10. The van der Waals surface area contributed by atoms with Gasteiger partial charge < -0.3 is 27.4 Å². The third-order valence-electron chi connectivity index (χ3n) is 23.9. The monoisotopic (exact) mass is 1480 g/mol. The lowest BCUT2D eigenvalue weighted by Gasteiger charge is -2.20. The van der Waals surface area contributed by atoms with Crippen LogP contribution in [-0.2, 0) is 0 Å². The predicted molar refractivity (Wildman–Crippen MR) is 479 cm³/mol. The molecule has 0 amide bonds. The van der Waals surface area contributed by atoms with Crippen LogP contribution in [0.25, 0.3) is 226 Å².